The first kappa shape index (κ1) is 20.8. The zero-order valence-corrected chi connectivity index (χ0v) is 16.1. The molecule has 0 aliphatic rings. The van der Waals surface area contributed by atoms with E-state index in [1.54, 1.807) is 24.5 Å². The van der Waals surface area contributed by atoms with Gasteiger partial charge in [-0.15, -0.1) is 10.2 Å². The normalized spacial score (nSPS) is 11.5. The van der Waals surface area contributed by atoms with Crippen molar-refractivity contribution < 1.29 is 18.0 Å². The van der Waals surface area contributed by atoms with Crippen molar-refractivity contribution in [2.24, 2.45) is 12.2 Å². The van der Waals surface area contributed by atoms with Gasteiger partial charge in [0, 0.05) is 24.1 Å². The summed E-state index contributed by atoms with van der Waals surface area (Å²) in [5.41, 5.74) is -0.152. The van der Waals surface area contributed by atoms with Crippen molar-refractivity contribution in [3.63, 3.8) is 0 Å². The number of hydrogen-bond donors (Lipinski definition) is 2. The summed E-state index contributed by atoms with van der Waals surface area (Å²) in [4.78, 5) is 16.0. The molecule has 2 aromatic heterocycles. The van der Waals surface area contributed by atoms with Crippen LogP contribution in [0, 0.1) is 0 Å². The molecule has 11 heteroatoms. The van der Waals surface area contributed by atoms with Gasteiger partial charge in [0.25, 0.3) is 5.91 Å². The molecule has 0 spiro atoms. The lowest BCUT2D eigenvalue weighted by Gasteiger charge is -2.11. The van der Waals surface area contributed by atoms with Crippen LogP contribution in [0.15, 0.2) is 47.6 Å². The average Bonchev–Trinajstić information content (AvgIpc) is 3.10. The van der Waals surface area contributed by atoms with E-state index in [-0.39, 0.29) is 10.6 Å². The van der Waals surface area contributed by atoms with Gasteiger partial charge < -0.3 is 9.88 Å². The summed E-state index contributed by atoms with van der Waals surface area (Å²) in [6, 6.07) is 9.05. The number of pyridine rings is 1. The second-order valence-electron chi connectivity index (χ2n) is 6.20. The van der Waals surface area contributed by atoms with Gasteiger partial charge in [-0.25, -0.2) is 4.98 Å². The number of carbonyl (C=O) groups is 1. The Morgan fingerprint density at radius 1 is 1.24 bits per heavy atom. The van der Waals surface area contributed by atoms with Crippen LogP contribution in [0.25, 0.3) is 0 Å². The van der Waals surface area contributed by atoms with E-state index in [1.165, 1.54) is 6.07 Å². The molecule has 3 N–H and O–H groups in total. The number of anilines is 1. The second-order valence-corrected chi connectivity index (χ2v) is 6.91. The summed E-state index contributed by atoms with van der Waals surface area (Å²) < 4.78 is 40.8. The summed E-state index contributed by atoms with van der Waals surface area (Å²) in [6.07, 6.45) is -1.76. The van der Waals surface area contributed by atoms with Crippen LogP contribution in [0.5, 0.6) is 0 Å². The van der Waals surface area contributed by atoms with Crippen molar-refractivity contribution in [2.45, 2.75) is 23.9 Å². The molecule has 0 bridgehead atoms. The van der Waals surface area contributed by atoms with Crippen LogP contribution >= 0.6 is 11.9 Å². The predicted octanol–water partition coefficient (Wildman–Crippen LogP) is 3.23. The molecule has 0 saturated heterocycles. The largest absolute Gasteiger partial charge is 0.433 e. The molecule has 29 heavy (non-hydrogen) atoms. The van der Waals surface area contributed by atoms with Crippen LogP contribution in [0.3, 0.4) is 0 Å². The van der Waals surface area contributed by atoms with E-state index >= 15 is 0 Å². The van der Waals surface area contributed by atoms with Crippen molar-refractivity contribution in [1.29, 1.82) is 0 Å². The monoisotopic (exact) mass is 422 g/mol. The van der Waals surface area contributed by atoms with Crippen molar-refractivity contribution in [2.75, 3.05) is 5.32 Å². The van der Waals surface area contributed by atoms with Gasteiger partial charge in [0.05, 0.1) is 0 Å². The Bertz CT molecular complexity index is 1020. The van der Waals surface area contributed by atoms with Gasteiger partial charge in [0.1, 0.15) is 23.5 Å². The van der Waals surface area contributed by atoms with E-state index in [0.717, 1.165) is 17.5 Å². The second kappa shape index (κ2) is 8.62. The quantitative estimate of drug-likeness (QED) is 0.592. The summed E-state index contributed by atoms with van der Waals surface area (Å²) >= 11 is 0.613. The summed E-state index contributed by atoms with van der Waals surface area (Å²) in [5.74, 6) is 0.0660. The van der Waals surface area contributed by atoms with E-state index in [4.69, 9.17) is 5.14 Å². The van der Waals surface area contributed by atoms with Gasteiger partial charge in [-0.3, -0.25) is 9.93 Å². The Hall–Kier alpha value is -2.92. The number of aryl methyl sites for hydroxylation is 3. The van der Waals surface area contributed by atoms with Crippen LogP contribution in [0.1, 0.15) is 27.6 Å². The minimum Gasteiger partial charge on any atom is -0.321 e. The summed E-state index contributed by atoms with van der Waals surface area (Å²) in [6.45, 7) is 0. The lowest BCUT2D eigenvalue weighted by atomic mass is 10.1. The number of aromatic nitrogens is 4. The molecule has 0 unspecified atom stereocenters. The smallest absolute Gasteiger partial charge is 0.321 e. The molecular weight excluding hydrogens is 405 g/mol. The third kappa shape index (κ3) is 5.33. The van der Waals surface area contributed by atoms with E-state index in [2.05, 4.69) is 20.5 Å². The first-order chi connectivity index (χ1) is 13.8. The Balaban J connectivity index is 1.74. The van der Waals surface area contributed by atoms with Crippen molar-refractivity contribution in [3.8, 4) is 0 Å². The average molecular weight is 422 g/mol. The topological polar surface area (TPSA) is 98.7 Å². The number of alkyl halides is 3. The van der Waals surface area contributed by atoms with Gasteiger partial charge >= 0.3 is 6.18 Å². The Morgan fingerprint density at radius 3 is 2.69 bits per heavy atom. The molecule has 0 aliphatic carbocycles. The molecule has 0 fully saturated rings. The van der Waals surface area contributed by atoms with Gasteiger partial charge in [-0.2, -0.15) is 13.2 Å². The van der Waals surface area contributed by atoms with Gasteiger partial charge in [-0.1, -0.05) is 12.1 Å². The van der Waals surface area contributed by atoms with E-state index in [1.807, 2.05) is 17.7 Å². The third-order valence-corrected chi connectivity index (χ3v) is 4.59. The molecule has 7 nitrogen and oxygen atoms in total. The molecule has 3 rings (SSSR count). The molecule has 0 aliphatic heterocycles. The van der Waals surface area contributed by atoms with Gasteiger partial charge in [0.15, 0.2) is 0 Å². The molecule has 152 valence electrons. The number of halogens is 3. The minimum absolute atomic E-state index is 0.0925. The van der Waals surface area contributed by atoms with Crippen LogP contribution in [-0.4, -0.2) is 25.7 Å². The maximum atomic E-state index is 13.0. The number of hydrogen-bond acceptors (Lipinski definition) is 6. The highest BCUT2D eigenvalue weighted by Crippen LogP contribution is 2.30. The minimum atomic E-state index is -4.68. The van der Waals surface area contributed by atoms with Crippen LogP contribution in [-0.2, 0) is 26.1 Å². The molecule has 2 heterocycles. The van der Waals surface area contributed by atoms with Crippen LogP contribution in [0.4, 0.5) is 18.9 Å². The zero-order valence-electron chi connectivity index (χ0n) is 15.3. The summed E-state index contributed by atoms with van der Waals surface area (Å²) in [5, 5.41) is 15.8. The van der Waals surface area contributed by atoms with Crippen molar-refractivity contribution >= 4 is 23.5 Å². The lowest BCUT2D eigenvalue weighted by Crippen LogP contribution is -2.17. The van der Waals surface area contributed by atoms with E-state index in [9.17, 15) is 18.0 Å². The molecule has 1 aromatic carbocycles. The van der Waals surface area contributed by atoms with Gasteiger partial charge in [-0.05, 0) is 48.2 Å². The number of rotatable bonds is 6. The van der Waals surface area contributed by atoms with Crippen molar-refractivity contribution in [1.82, 2.24) is 19.7 Å². The van der Waals surface area contributed by atoms with Crippen molar-refractivity contribution in [3.05, 3.63) is 65.5 Å². The number of amides is 1. The molecule has 1 amide bonds. The van der Waals surface area contributed by atoms with Crippen LogP contribution in [0.2, 0.25) is 0 Å². The number of benzene rings is 1. The first-order valence-electron chi connectivity index (χ1n) is 8.45. The molecular formula is C18H17F3N6OS. The molecule has 0 radical (unpaired) electrons. The fourth-order valence-electron chi connectivity index (χ4n) is 2.62. The highest BCUT2D eigenvalue weighted by atomic mass is 32.2. The standard InChI is InChI=1S/C18H17F3N6OS/c1-27-10-23-26-16(27)6-5-11-3-2-4-12(7-11)24-17(28)14-8-13(29-22)9-15(25-14)18(19,20)21/h2-4,7-10H,5-6,22H2,1H3,(H,24,28). The molecule has 3 aromatic rings. The molecule has 0 saturated carbocycles. The number of nitrogens with two attached hydrogens (primary N) is 1. The van der Waals surface area contributed by atoms with Gasteiger partial charge in [0.2, 0.25) is 0 Å². The highest BCUT2D eigenvalue weighted by molar-refractivity contribution is 7.97. The maximum Gasteiger partial charge on any atom is 0.433 e. The fourth-order valence-corrected chi connectivity index (χ4v) is 2.98. The zero-order chi connectivity index (χ0) is 21.0. The van der Waals surface area contributed by atoms with E-state index < -0.39 is 17.8 Å². The van der Waals surface area contributed by atoms with E-state index in [0.29, 0.717) is 30.5 Å². The molecule has 0 atom stereocenters. The van der Waals surface area contributed by atoms with Crippen LogP contribution < -0.4 is 10.5 Å². The Morgan fingerprint density at radius 2 is 2.03 bits per heavy atom. The maximum absolute atomic E-state index is 13.0. The highest BCUT2D eigenvalue weighted by Gasteiger charge is 2.33. The Labute approximate surface area is 168 Å². The number of carbonyl (C=O) groups excluding carboxylic acids is 1. The SMILES string of the molecule is Cn1cnnc1CCc1cccc(NC(=O)c2cc(SN)cc(C(F)(F)F)n2)c1. The lowest BCUT2D eigenvalue weighted by molar-refractivity contribution is -0.141. The third-order valence-electron chi connectivity index (χ3n) is 4.09. The predicted molar refractivity (Wildman–Crippen MR) is 102 cm³/mol. The fraction of sp³-hybridized carbons (Fsp3) is 0.222. The Kier molecular flexibility index (Phi) is 6.18. The summed E-state index contributed by atoms with van der Waals surface area (Å²) in [7, 11) is 1.85. The first-order valence-corrected chi connectivity index (χ1v) is 9.33. The number of nitrogens with zero attached hydrogens (tertiary/aromatic N) is 4. The number of nitrogens with one attached hydrogen (secondary N) is 1.